The number of likely N-dealkylation sites (N-methyl/N-ethyl adjacent to an activating group) is 1. The predicted molar refractivity (Wildman–Crippen MR) is 77.0 cm³/mol. The van der Waals surface area contributed by atoms with E-state index in [0.717, 1.165) is 25.2 Å². The van der Waals surface area contributed by atoms with Crippen molar-refractivity contribution in [3.05, 3.63) is 24.3 Å². The molecule has 1 unspecified atom stereocenters. The fraction of sp³-hybridized carbons (Fsp3) is 0.538. The van der Waals surface area contributed by atoms with Crippen LogP contribution in [0.2, 0.25) is 0 Å². The van der Waals surface area contributed by atoms with Gasteiger partial charge >= 0.3 is 0 Å². The molecule has 1 aliphatic heterocycles. The number of hydrogen-bond donors (Lipinski definition) is 2. The average Bonchev–Trinajstić information content (AvgIpc) is 2.87. The van der Waals surface area contributed by atoms with Crippen LogP contribution in [-0.2, 0) is 10.0 Å². The summed E-state index contributed by atoms with van der Waals surface area (Å²) >= 11 is 0. The largest absolute Gasteiger partial charge is 0.369 e. The number of nitrogens with one attached hydrogen (secondary N) is 2. The molecular formula is C13H21N3O2S. The highest BCUT2D eigenvalue weighted by Crippen LogP contribution is 2.27. The van der Waals surface area contributed by atoms with Crippen LogP contribution < -0.4 is 14.9 Å². The van der Waals surface area contributed by atoms with Crippen molar-refractivity contribution >= 4 is 15.7 Å². The Morgan fingerprint density at radius 1 is 1.37 bits per heavy atom. The van der Waals surface area contributed by atoms with E-state index >= 15 is 0 Å². The Kier molecular flexibility index (Phi) is 4.44. The smallest absolute Gasteiger partial charge is 0.242 e. The van der Waals surface area contributed by atoms with E-state index in [1.807, 2.05) is 19.2 Å². The number of hydrogen-bond acceptors (Lipinski definition) is 4. The van der Waals surface area contributed by atoms with E-state index in [-0.39, 0.29) is 0 Å². The van der Waals surface area contributed by atoms with Gasteiger partial charge in [-0.15, -0.1) is 0 Å². The fourth-order valence-electron chi connectivity index (χ4n) is 2.43. The van der Waals surface area contributed by atoms with Crippen molar-refractivity contribution in [2.75, 3.05) is 31.6 Å². The molecule has 1 aromatic rings. The summed E-state index contributed by atoms with van der Waals surface area (Å²) < 4.78 is 27.0. The second-order valence-electron chi connectivity index (χ2n) is 4.69. The van der Waals surface area contributed by atoms with Gasteiger partial charge in [-0.3, -0.25) is 0 Å². The molecule has 6 heteroatoms. The Hall–Kier alpha value is -1.11. The minimum atomic E-state index is -3.41. The Bertz CT molecular complexity index is 530. The normalized spacial score (nSPS) is 19.9. The SMILES string of the molecule is CCNS(=O)(=O)c1ccccc1N1CCC(NC)C1. The lowest BCUT2D eigenvalue weighted by Crippen LogP contribution is -2.31. The van der Waals surface area contributed by atoms with Gasteiger partial charge in [0.2, 0.25) is 10.0 Å². The first-order valence-corrected chi connectivity index (χ1v) is 8.07. The second-order valence-corrected chi connectivity index (χ2v) is 6.42. The highest BCUT2D eigenvalue weighted by Gasteiger charge is 2.26. The van der Waals surface area contributed by atoms with Crippen molar-refractivity contribution in [2.24, 2.45) is 0 Å². The summed E-state index contributed by atoms with van der Waals surface area (Å²) in [4.78, 5) is 2.50. The van der Waals surface area contributed by atoms with Crippen molar-refractivity contribution in [1.82, 2.24) is 10.0 Å². The molecule has 0 bridgehead atoms. The molecule has 0 aliphatic carbocycles. The van der Waals surface area contributed by atoms with Crippen LogP contribution in [0.3, 0.4) is 0 Å². The number of rotatable bonds is 5. The predicted octanol–water partition coefficient (Wildman–Crippen LogP) is 0.783. The Balaban J connectivity index is 2.32. The molecule has 1 aromatic carbocycles. The lowest BCUT2D eigenvalue weighted by molar-refractivity contribution is 0.583. The van der Waals surface area contributed by atoms with Gasteiger partial charge in [0, 0.05) is 25.7 Å². The van der Waals surface area contributed by atoms with Crippen LogP contribution in [0.4, 0.5) is 5.69 Å². The van der Waals surface area contributed by atoms with E-state index in [1.165, 1.54) is 0 Å². The van der Waals surface area contributed by atoms with Crippen molar-refractivity contribution in [3.63, 3.8) is 0 Å². The first kappa shape index (κ1) is 14.3. The number of anilines is 1. The molecule has 1 saturated heterocycles. The third kappa shape index (κ3) is 3.08. The summed E-state index contributed by atoms with van der Waals surface area (Å²) in [6.45, 7) is 3.90. The second kappa shape index (κ2) is 5.90. The summed E-state index contributed by atoms with van der Waals surface area (Å²) in [5.74, 6) is 0. The molecule has 2 rings (SSSR count). The molecule has 0 spiro atoms. The summed E-state index contributed by atoms with van der Waals surface area (Å²) in [7, 11) is -1.47. The van der Waals surface area contributed by atoms with Gasteiger partial charge in [-0.2, -0.15) is 0 Å². The summed E-state index contributed by atoms with van der Waals surface area (Å²) in [6.07, 6.45) is 1.03. The average molecular weight is 283 g/mol. The maximum Gasteiger partial charge on any atom is 0.242 e. The van der Waals surface area contributed by atoms with Crippen LogP contribution in [0.1, 0.15) is 13.3 Å². The standard InChI is InChI=1S/C13H21N3O2S/c1-3-15-19(17,18)13-7-5-4-6-12(13)16-9-8-11(10-16)14-2/h4-7,11,14-15H,3,8-10H2,1-2H3. The van der Waals surface area contributed by atoms with Crippen molar-refractivity contribution in [1.29, 1.82) is 0 Å². The lowest BCUT2D eigenvalue weighted by atomic mass is 10.3. The van der Waals surface area contributed by atoms with Crippen molar-refractivity contribution in [3.8, 4) is 0 Å². The number of nitrogens with zero attached hydrogens (tertiary/aromatic N) is 1. The number of benzene rings is 1. The van der Waals surface area contributed by atoms with Crippen LogP contribution in [-0.4, -0.2) is 41.1 Å². The van der Waals surface area contributed by atoms with E-state index < -0.39 is 10.0 Å². The van der Waals surface area contributed by atoms with Crippen LogP contribution in [0, 0.1) is 0 Å². The minimum Gasteiger partial charge on any atom is -0.369 e. The Morgan fingerprint density at radius 3 is 2.74 bits per heavy atom. The number of para-hydroxylation sites is 1. The maximum absolute atomic E-state index is 12.2. The van der Waals surface area contributed by atoms with Crippen LogP contribution in [0.15, 0.2) is 29.2 Å². The maximum atomic E-state index is 12.2. The van der Waals surface area contributed by atoms with Gasteiger partial charge in [0.05, 0.1) is 5.69 Å². The van der Waals surface area contributed by atoms with Crippen molar-refractivity contribution < 1.29 is 8.42 Å². The van der Waals surface area contributed by atoms with E-state index in [9.17, 15) is 8.42 Å². The molecule has 1 aliphatic rings. The zero-order chi connectivity index (χ0) is 13.9. The van der Waals surface area contributed by atoms with E-state index in [0.29, 0.717) is 17.5 Å². The summed E-state index contributed by atoms with van der Waals surface area (Å²) in [5.41, 5.74) is 0.793. The zero-order valence-electron chi connectivity index (χ0n) is 11.4. The third-order valence-electron chi connectivity index (χ3n) is 3.43. The monoisotopic (exact) mass is 283 g/mol. The highest BCUT2D eigenvalue weighted by molar-refractivity contribution is 7.89. The Morgan fingerprint density at radius 2 is 2.11 bits per heavy atom. The first-order chi connectivity index (χ1) is 9.08. The fourth-order valence-corrected chi connectivity index (χ4v) is 3.69. The molecule has 0 amide bonds. The zero-order valence-corrected chi connectivity index (χ0v) is 12.2. The molecular weight excluding hydrogens is 262 g/mol. The van der Waals surface area contributed by atoms with Gasteiger partial charge in [0.15, 0.2) is 0 Å². The first-order valence-electron chi connectivity index (χ1n) is 6.59. The van der Waals surface area contributed by atoms with Crippen LogP contribution in [0.5, 0.6) is 0 Å². The van der Waals surface area contributed by atoms with Crippen LogP contribution >= 0.6 is 0 Å². The lowest BCUT2D eigenvalue weighted by Gasteiger charge is -2.22. The molecule has 2 N–H and O–H groups in total. The van der Waals surface area contributed by atoms with Crippen LogP contribution in [0.25, 0.3) is 0 Å². The van der Waals surface area contributed by atoms with Crippen molar-refractivity contribution in [2.45, 2.75) is 24.3 Å². The quantitative estimate of drug-likeness (QED) is 0.838. The van der Waals surface area contributed by atoms with Gasteiger partial charge in [0.1, 0.15) is 4.90 Å². The molecule has 106 valence electrons. The van der Waals surface area contributed by atoms with Gasteiger partial charge in [-0.25, -0.2) is 13.1 Å². The van der Waals surface area contributed by atoms with E-state index in [4.69, 9.17) is 0 Å². The highest BCUT2D eigenvalue weighted by atomic mass is 32.2. The van der Waals surface area contributed by atoms with Gasteiger partial charge in [-0.1, -0.05) is 19.1 Å². The number of sulfonamides is 1. The van der Waals surface area contributed by atoms with Gasteiger partial charge in [0.25, 0.3) is 0 Å². The van der Waals surface area contributed by atoms with Gasteiger partial charge < -0.3 is 10.2 Å². The Labute approximate surface area is 115 Å². The summed E-state index contributed by atoms with van der Waals surface area (Å²) in [5, 5.41) is 3.24. The molecule has 1 atom stereocenters. The van der Waals surface area contributed by atoms with E-state index in [2.05, 4.69) is 14.9 Å². The molecule has 1 fully saturated rings. The summed E-state index contributed by atoms with van der Waals surface area (Å²) in [6, 6.07) is 7.61. The molecule has 19 heavy (non-hydrogen) atoms. The molecule has 5 nitrogen and oxygen atoms in total. The molecule has 1 heterocycles. The minimum absolute atomic E-state index is 0.369. The van der Waals surface area contributed by atoms with E-state index in [1.54, 1.807) is 19.1 Å². The molecule has 0 saturated carbocycles. The molecule has 0 radical (unpaired) electrons. The molecule has 0 aromatic heterocycles. The topological polar surface area (TPSA) is 61.4 Å². The third-order valence-corrected chi connectivity index (χ3v) is 5.02. The van der Waals surface area contributed by atoms with Gasteiger partial charge in [-0.05, 0) is 25.6 Å².